The van der Waals surface area contributed by atoms with Gasteiger partial charge in [-0.25, -0.2) is 22.5 Å². The largest absolute Gasteiger partial charge is 0.298 e. The van der Waals surface area contributed by atoms with Crippen LogP contribution in [0.4, 0.5) is 10.1 Å². The number of sulfonamides is 1. The lowest BCUT2D eigenvalue weighted by molar-refractivity contribution is -0.385. The molecule has 2 aromatic carbocycles. The highest BCUT2D eigenvalue weighted by Crippen LogP contribution is 2.21. The molecule has 3 aromatic rings. The monoisotopic (exact) mass is 432 g/mol. The fraction of sp³-hybridized carbons (Fsp3) is 0.158. The molecule has 30 heavy (non-hydrogen) atoms. The minimum absolute atomic E-state index is 0.00271. The summed E-state index contributed by atoms with van der Waals surface area (Å²) in [6.45, 7) is 1.41. The number of nitro benzene ring substituents is 1. The Labute approximate surface area is 171 Å². The Balaban J connectivity index is 1.72. The quantitative estimate of drug-likeness (QED) is 0.451. The van der Waals surface area contributed by atoms with Crippen LogP contribution >= 0.6 is 0 Å². The molecule has 0 aliphatic carbocycles. The molecule has 0 atom stereocenters. The Morgan fingerprint density at radius 3 is 2.50 bits per heavy atom. The molecule has 0 aliphatic rings. The van der Waals surface area contributed by atoms with Crippen molar-refractivity contribution in [3.05, 3.63) is 86.7 Å². The number of hydrogen-bond acceptors (Lipinski definition) is 6. The molecule has 0 bridgehead atoms. The summed E-state index contributed by atoms with van der Waals surface area (Å²) in [5.41, 5.74) is 0.551. The van der Waals surface area contributed by atoms with Crippen molar-refractivity contribution in [2.24, 2.45) is 0 Å². The van der Waals surface area contributed by atoms with Gasteiger partial charge in [0, 0.05) is 36.9 Å². The first-order chi connectivity index (χ1) is 14.2. The first-order valence-electron chi connectivity index (χ1n) is 8.74. The highest BCUT2D eigenvalue weighted by molar-refractivity contribution is 7.89. The van der Waals surface area contributed by atoms with Gasteiger partial charge in [-0.2, -0.15) is 0 Å². The van der Waals surface area contributed by atoms with Crippen LogP contribution in [0.15, 0.2) is 64.5 Å². The second-order valence-corrected chi connectivity index (χ2v) is 8.15. The van der Waals surface area contributed by atoms with Crippen molar-refractivity contribution in [3.8, 4) is 11.3 Å². The molecule has 0 saturated heterocycles. The molecule has 0 unspecified atom stereocenters. The lowest BCUT2D eigenvalue weighted by Crippen LogP contribution is -2.31. The molecule has 156 valence electrons. The minimum atomic E-state index is -4.01. The lowest BCUT2D eigenvalue weighted by Gasteiger charge is -2.10. The summed E-state index contributed by atoms with van der Waals surface area (Å²) in [5, 5.41) is 10.9. The van der Waals surface area contributed by atoms with Gasteiger partial charge in [0.05, 0.1) is 21.8 Å². The average molecular weight is 432 g/mol. The Bertz CT molecular complexity index is 1260. The van der Waals surface area contributed by atoms with E-state index in [0.29, 0.717) is 16.8 Å². The molecular formula is C19H17FN4O5S. The lowest BCUT2D eigenvalue weighted by atomic mass is 10.1. The molecule has 0 spiro atoms. The number of nitrogens with one attached hydrogen (secondary N) is 1. The molecule has 1 heterocycles. The predicted molar refractivity (Wildman–Crippen MR) is 107 cm³/mol. The fourth-order valence-electron chi connectivity index (χ4n) is 2.74. The summed E-state index contributed by atoms with van der Waals surface area (Å²) in [6.07, 6.45) is 1.27. The van der Waals surface area contributed by atoms with E-state index in [1.807, 2.05) is 0 Å². The van der Waals surface area contributed by atoms with Crippen molar-refractivity contribution in [1.82, 2.24) is 14.3 Å². The molecule has 11 heteroatoms. The Morgan fingerprint density at radius 2 is 1.87 bits per heavy atom. The zero-order valence-corrected chi connectivity index (χ0v) is 16.6. The highest BCUT2D eigenvalue weighted by Gasteiger charge is 2.20. The van der Waals surface area contributed by atoms with Gasteiger partial charge in [-0.05, 0) is 36.8 Å². The smallest absolute Gasteiger partial charge is 0.270 e. The van der Waals surface area contributed by atoms with Crippen LogP contribution in [0.3, 0.4) is 0 Å². The zero-order valence-electron chi connectivity index (χ0n) is 15.8. The standard InChI is InChI=1S/C19H17FN4O5S/c1-13-2-7-16(24(26)27)10-18(13)30(28,29)22-8-9-23-12-21-17(11-19(23)25)14-3-5-15(20)6-4-14/h2-7,10-12,22H,8-9H2,1H3. The van der Waals surface area contributed by atoms with E-state index in [2.05, 4.69) is 9.71 Å². The average Bonchev–Trinajstić information content (AvgIpc) is 2.69. The Kier molecular flexibility index (Phi) is 6.04. The Hall–Kier alpha value is -3.44. The van der Waals surface area contributed by atoms with E-state index in [1.54, 1.807) is 0 Å². The second kappa shape index (κ2) is 8.51. The van der Waals surface area contributed by atoms with Gasteiger partial charge in [0.15, 0.2) is 0 Å². The molecule has 0 radical (unpaired) electrons. The number of aromatic nitrogens is 2. The second-order valence-electron chi connectivity index (χ2n) is 6.42. The van der Waals surface area contributed by atoms with Crippen LogP contribution in [0.25, 0.3) is 11.3 Å². The summed E-state index contributed by atoms with van der Waals surface area (Å²) in [5.74, 6) is -0.404. The van der Waals surface area contributed by atoms with Crippen LogP contribution in [0.1, 0.15) is 5.56 Å². The number of nitro groups is 1. The minimum Gasteiger partial charge on any atom is -0.298 e. The van der Waals surface area contributed by atoms with E-state index in [1.165, 1.54) is 60.3 Å². The molecule has 9 nitrogen and oxygen atoms in total. The highest BCUT2D eigenvalue weighted by atomic mass is 32.2. The summed E-state index contributed by atoms with van der Waals surface area (Å²) < 4.78 is 41.6. The molecular weight excluding hydrogens is 415 g/mol. The molecule has 0 aliphatic heterocycles. The van der Waals surface area contributed by atoms with Gasteiger partial charge in [-0.15, -0.1) is 0 Å². The van der Waals surface area contributed by atoms with Gasteiger partial charge >= 0.3 is 0 Å². The van der Waals surface area contributed by atoms with E-state index in [9.17, 15) is 27.7 Å². The van der Waals surface area contributed by atoms with Crippen molar-refractivity contribution >= 4 is 15.7 Å². The molecule has 0 amide bonds. The van der Waals surface area contributed by atoms with Crippen molar-refractivity contribution in [3.63, 3.8) is 0 Å². The van der Waals surface area contributed by atoms with E-state index >= 15 is 0 Å². The zero-order chi connectivity index (χ0) is 21.9. The third kappa shape index (κ3) is 4.75. The summed E-state index contributed by atoms with van der Waals surface area (Å²) in [4.78, 5) is 26.4. The fourth-order valence-corrected chi connectivity index (χ4v) is 4.03. The number of halogens is 1. The number of aryl methyl sites for hydroxylation is 1. The van der Waals surface area contributed by atoms with Crippen LogP contribution in [0.2, 0.25) is 0 Å². The summed E-state index contributed by atoms with van der Waals surface area (Å²) >= 11 is 0. The van der Waals surface area contributed by atoms with Gasteiger partial charge in [-0.3, -0.25) is 19.5 Å². The van der Waals surface area contributed by atoms with Crippen LogP contribution in [0, 0.1) is 22.9 Å². The maximum atomic E-state index is 13.0. The van der Waals surface area contributed by atoms with Gasteiger partial charge in [0.1, 0.15) is 5.82 Å². The maximum Gasteiger partial charge on any atom is 0.270 e. The van der Waals surface area contributed by atoms with Crippen LogP contribution in [-0.4, -0.2) is 29.4 Å². The van der Waals surface area contributed by atoms with Crippen molar-refractivity contribution < 1.29 is 17.7 Å². The third-order valence-corrected chi connectivity index (χ3v) is 5.94. The number of rotatable bonds is 7. The third-order valence-electron chi connectivity index (χ3n) is 4.34. The van der Waals surface area contributed by atoms with Crippen molar-refractivity contribution in [2.45, 2.75) is 18.4 Å². The molecule has 1 aromatic heterocycles. The summed E-state index contributed by atoms with van der Waals surface area (Å²) in [6, 6.07) is 10.3. The Morgan fingerprint density at radius 1 is 1.17 bits per heavy atom. The van der Waals surface area contributed by atoms with E-state index in [0.717, 1.165) is 6.07 Å². The van der Waals surface area contributed by atoms with Gasteiger partial charge in [0.25, 0.3) is 11.2 Å². The van der Waals surface area contributed by atoms with E-state index in [4.69, 9.17) is 0 Å². The van der Waals surface area contributed by atoms with Crippen molar-refractivity contribution in [2.75, 3.05) is 6.54 Å². The number of hydrogen-bond donors (Lipinski definition) is 1. The topological polar surface area (TPSA) is 124 Å². The predicted octanol–water partition coefficient (Wildman–Crippen LogP) is 2.24. The van der Waals surface area contributed by atoms with Gasteiger partial charge in [0.2, 0.25) is 10.0 Å². The molecule has 1 N–H and O–H groups in total. The van der Waals surface area contributed by atoms with Gasteiger partial charge < -0.3 is 0 Å². The number of non-ortho nitro benzene ring substituents is 1. The van der Waals surface area contributed by atoms with Crippen molar-refractivity contribution in [1.29, 1.82) is 0 Å². The first-order valence-corrected chi connectivity index (χ1v) is 10.2. The SMILES string of the molecule is Cc1ccc([N+](=O)[O-])cc1S(=O)(=O)NCCn1cnc(-c2ccc(F)cc2)cc1=O. The van der Waals surface area contributed by atoms with E-state index in [-0.39, 0.29) is 23.7 Å². The van der Waals surface area contributed by atoms with Crippen LogP contribution in [0.5, 0.6) is 0 Å². The maximum absolute atomic E-state index is 13.0. The van der Waals surface area contributed by atoms with Crippen LogP contribution in [-0.2, 0) is 16.6 Å². The first kappa shape index (κ1) is 21.3. The number of benzene rings is 2. The summed E-state index contributed by atoms with van der Waals surface area (Å²) in [7, 11) is -4.01. The molecule has 0 saturated carbocycles. The van der Waals surface area contributed by atoms with Crippen LogP contribution < -0.4 is 10.3 Å². The van der Waals surface area contributed by atoms with E-state index < -0.39 is 26.3 Å². The number of nitrogens with zero attached hydrogens (tertiary/aromatic N) is 3. The molecule has 3 rings (SSSR count). The van der Waals surface area contributed by atoms with Gasteiger partial charge in [-0.1, -0.05) is 6.07 Å². The normalized spacial score (nSPS) is 11.4. The molecule has 0 fully saturated rings.